The number of benzene rings is 2. The van der Waals surface area contributed by atoms with Gasteiger partial charge in [-0.1, -0.05) is 48.0 Å². The number of halogens is 1. The van der Waals surface area contributed by atoms with Crippen molar-refractivity contribution >= 4 is 29.5 Å². The van der Waals surface area contributed by atoms with Gasteiger partial charge < -0.3 is 15.0 Å². The fraction of sp³-hybridized carbons (Fsp3) is 0.393. The lowest BCUT2D eigenvalue weighted by molar-refractivity contribution is -0.139. The van der Waals surface area contributed by atoms with Crippen LogP contribution in [0.5, 0.6) is 0 Å². The molecule has 0 spiro atoms. The van der Waals surface area contributed by atoms with Crippen molar-refractivity contribution in [1.29, 1.82) is 0 Å². The average molecular weight is 525 g/mol. The van der Waals surface area contributed by atoms with Crippen molar-refractivity contribution in [3.63, 3.8) is 0 Å². The fourth-order valence-corrected chi connectivity index (χ4v) is 5.24. The molecular formula is C28H33ClN4O4. The van der Waals surface area contributed by atoms with E-state index >= 15 is 0 Å². The highest BCUT2D eigenvalue weighted by Crippen LogP contribution is 2.33. The van der Waals surface area contributed by atoms with Gasteiger partial charge in [0.05, 0.1) is 28.8 Å². The number of likely N-dealkylation sites (N-methyl/N-ethyl adjacent to an activating group) is 1. The highest BCUT2D eigenvalue weighted by molar-refractivity contribution is 6.33. The summed E-state index contributed by atoms with van der Waals surface area (Å²) in [7, 11) is 1.67. The minimum atomic E-state index is -0.612. The standard InChI is InChI=1S/C28H33ClN4O4/c1-5-37-27(35)24-23(31(4)28(36)30-25(24)20-11-7-6-10-18(20)2)17-32-14-15-33(19(3)16-32)26(34)21-12-8-9-13-22(21)29/h6-13,19,25H,5,14-17H2,1-4H3,(H,30,36)/t19-,25-/m0/s1. The van der Waals surface area contributed by atoms with E-state index in [1.807, 2.05) is 43.0 Å². The Morgan fingerprint density at radius 3 is 2.49 bits per heavy atom. The third-order valence-corrected chi connectivity index (χ3v) is 7.35. The lowest BCUT2D eigenvalue weighted by atomic mass is 9.91. The molecule has 0 saturated carbocycles. The van der Waals surface area contributed by atoms with Crippen molar-refractivity contribution in [2.75, 3.05) is 39.8 Å². The molecule has 2 aliphatic heterocycles. The number of nitrogens with zero attached hydrogens (tertiary/aromatic N) is 3. The number of esters is 1. The summed E-state index contributed by atoms with van der Waals surface area (Å²) in [5.74, 6) is -0.545. The van der Waals surface area contributed by atoms with Gasteiger partial charge in [0.2, 0.25) is 0 Å². The smallest absolute Gasteiger partial charge is 0.338 e. The molecule has 0 aromatic heterocycles. The van der Waals surface area contributed by atoms with Gasteiger partial charge in [-0.2, -0.15) is 0 Å². The molecule has 8 nitrogen and oxygen atoms in total. The van der Waals surface area contributed by atoms with Gasteiger partial charge in [0.15, 0.2) is 0 Å². The molecule has 0 radical (unpaired) electrons. The Bertz CT molecular complexity index is 1230. The fourth-order valence-electron chi connectivity index (χ4n) is 5.02. The van der Waals surface area contributed by atoms with Gasteiger partial charge in [0.25, 0.3) is 5.91 Å². The Labute approximate surface area is 222 Å². The van der Waals surface area contributed by atoms with Gasteiger partial charge in [-0.25, -0.2) is 9.59 Å². The first-order valence-electron chi connectivity index (χ1n) is 12.5. The summed E-state index contributed by atoms with van der Waals surface area (Å²) >= 11 is 6.27. The van der Waals surface area contributed by atoms with E-state index in [1.54, 1.807) is 38.2 Å². The molecule has 4 rings (SSSR count). The first-order chi connectivity index (χ1) is 17.7. The third kappa shape index (κ3) is 5.50. The van der Waals surface area contributed by atoms with E-state index in [0.29, 0.717) is 48.0 Å². The van der Waals surface area contributed by atoms with Gasteiger partial charge in [-0.15, -0.1) is 0 Å². The topological polar surface area (TPSA) is 82.2 Å². The normalized spacial score (nSPS) is 20.6. The van der Waals surface area contributed by atoms with E-state index in [9.17, 15) is 14.4 Å². The molecule has 9 heteroatoms. The number of amides is 3. The predicted molar refractivity (Wildman–Crippen MR) is 142 cm³/mol. The minimum Gasteiger partial charge on any atom is -0.463 e. The van der Waals surface area contributed by atoms with E-state index in [-0.39, 0.29) is 24.6 Å². The molecular weight excluding hydrogens is 492 g/mol. The maximum Gasteiger partial charge on any atom is 0.338 e. The van der Waals surface area contributed by atoms with Crippen LogP contribution in [0.15, 0.2) is 59.8 Å². The molecule has 0 bridgehead atoms. The molecule has 2 heterocycles. The average Bonchev–Trinajstić information content (AvgIpc) is 2.87. The molecule has 2 aliphatic rings. The Kier molecular flexibility index (Phi) is 8.19. The van der Waals surface area contributed by atoms with Crippen molar-refractivity contribution in [3.8, 4) is 0 Å². The zero-order chi connectivity index (χ0) is 26.7. The summed E-state index contributed by atoms with van der Waals surface area (Å²) in [5.41, 5.74) is 3.35. The first-order valence-corrected chi connectivity index (χ1v) is 12.9. The summed E-state index contributed by atoms with van der Waals surface area (Å²) in [6.45, 7) is 8.00. The number of ether oxygens (including phenoxy) is 1. The minimum absolute atomic E-state index is 0.0842. The van der Waals surface area contributed by atoms with Crippen LogP contribution >= 0.6 is 11.6 Å². The van der Waals surface area contributed by atoms with Gasteiger partial charge >= 0.3 is 12.0 Å². The van der Waals surface area contributed by atoms with Gasteiger partial charge in [-0.3, -0.25) is 14.6 Å². The van der Waals surface area contributed by atoms with Gasteiger partial charge in [-0.05, 0) is 44.0 Å². The molecule has 1 N–H and O–H groups in total. The lowest BCUT2D eigenvalue weighted by Crippen LogP contribution is -2.56. The van der Waals surface area contributed by atoms with Crippen molar-refractivity contribution in [3.05, 3.63) is 81.5 Å². The molecule has 2 atom stereocenters. The number of rotatable bonds is 6. The molecule has 196 valence electrons. The number of hydrogen-bond acceptors (Lipinski definition) is 5. The molecule has 1 saturated heterocycles. The number of carbonyl (C=O) groups excluding carboxylic acids is 3. The molecule has 2 aromatic carbocycles. The molecule has 3 amide bonds. The zero-order valence-electron chi connectivity index (χ0n) is 21.7. The first kappa shape index (κ1) is 26.7. The SMILES string of the molecule is CCOC(=O)C1=C(CN2CCN(C(=O)c3ccccc3Cl)[C@@H](C)C2)N(C)C(=O)N[C@H]1c1ccccc1C. The molecule has 1 fully saturated rings. The Morgan fingerprint density at radius 1 is 1.11 bits per heavy atom. The molecule has 0 aliphatic carbocycles. The summed E-state index contributed by atoms with van der Waals surface area (Å²) in [6.07, 6.45) is 0. The predicted octanol–water partition coefficient (Wildman–Crippen LogP) is 4.01. The summed E-state index contributed by atoms with van der Waals surface area (Å²) in [6, 6.07) is 13.8. The van der Waals surface area contributed by atoms with Crippen LogP contribution in [0.2, 0.25) is 5.02 Å². The van der Waals surface area contributed by atoms with E-state index in [0.717, 1.165) is 11.1 Å². The monoisotopic (exact) mass is 524 g/mol. The highest BCUT2D eigenvalue weighted by atomic mass is 35.5. The second-order valence-corrected chi connectivity index (χ2v) is 9.85. The summed E-state index contributed by atoms with van der Waals surface area (Å²) in [5, 5.41) is 3.41. The Balaban J connectivity index is 1.62. The summed E-state index contributed by atoms with van der Waals surface area (Å²) < 4.78 is 5.45. The third-order valence-electron chi connectivity index (χ3n) is 7.02. The number of urea groups is 1. The molecule has 0 unspecified atom stereocenters. The zero-order valence-corrected chi connectivity index (χ0v) is 22.4. The van der Waals surface area contributed by atoms with Crippen molar-refractivity contribution in [1.82, 2.24) is 20.0 Å². The van der Waals surface area contributed by atoms with Gasteiger partial charge in [0.1, 0.15) is 0 Å². The van der Waals surface area contributed by atoms with Crippen LogP contribution in [-0.4, -0.2) is 78.5 Å². The van der Waals surface area contributed by atoms with E-state index in [2.05, 4.69) is 10.2 Å². The lowest BCUT2D eigenvalue weighted by Gasteiger charge is -2.42. The molecule has 2 aromatic rings. The number of piperazine rings is 1. The maximum absolute atomic E-state index is 13.2. The van der Waals surface area contributed by atoms with Crippen LogP contribution in [-0.2, 0) is 9.53 Å². The number of nitrogens with one attached hydrogen (secondary N) is 1. The van der Waals surface area contributed by atoms with Gasteiger partial charge in [0, 0.05) is 45.0 Å². The van der Waals surface area contributed by atoms with Crippen LogP contribution in [0, 0.1) is 6.92 Å². The summed E-state index contributed by atoms with van der Waals surface area (Å²) in [4.78, 5) is 44.9. The van der Waals surface area contributed by atoms with Crippen LogP contribution in [0.4, 0.5) is 4.79 Å². The van der Waals surface area contributed by atoms with Crippen molar-refractivity contribution in [2.45, 2.75) is 32.9 Å². The Morgan fingerprint density at radius 2 is 1.81 bits per heavy atom. The van der Waals surface area contributed by atoms with Crippen LogP contribution in [0.3, 0.4) is 0 Å². The van der Waals surface area contributed by atoms with E-state index < -0.39 is 12.0 Å². The van der Waals surface area contributed by atoms with Crippen LogP contribution in [0.25, 0.3) is 0 Å². The maximum atomic E-state index is 13.2. The Hall–Kier alpha value is -3.36. The number of aryl methyl sites for hydroxylation is 1. The van der Waals surface area contributed by atoms with Crippen LogP contribution in [0.1, 0.15) is 41.4 Å². The van der Waals surface area contributed by atoms with E-state index in [4.69, 9.17) is 16.3 Å². The van der Waals surface area contributed by atoms with E-state index in [1.165, 1.54) is 4.90 Å². The second kappa shape index (κ2) is 11.4. The molecule has 37 heavy (non-hydrogen) atoms. The number of hydrogen-bond donors (Lipinski definition) is 1. The van der Waals surface area contributed by atoms with Crippen LogP contribution < -0.4 is 5.32 Å². The second-order valence-electron chi connectivity index (χ2n) is 9.44. The highest BCUT2D eigenvalue weighted by Gasteiger charge is 2.39. The largest absolute Gasteiger partial charge is 0.463 e. The quantitative estimate of drug-likeness (QED) is 0.577. The number of carbonyl (C=O) groups is 3. The van der Waals surface area contributed by atoms with Crippen molar-refractivity contribution < 1.29 is 19.1 Å². The van der Waals surface area contributed by atoms with Crippen molar-refractivity contribution in [2.24, 2.45) is 0 Å².